The van der Waals surface area contributed by atoms with Gasteiger partial charge in [-0.05, 0) is 52.9 Å². The van der Waals surface area contributed by atoms with Gasteiger partial charge in [-0.3, -0.25) is 4.79 Å². The lowest BCUT2D eigenvalue weighted by atomic mass is 10.1. The number of nitrogens with zero attached hydrogens (tertiary/aromatic N) is 1. The van der Waals surface area contributed by atoms with Gasteiger partial charge in [0.1, 0.15) is 5.82 Å². The number of fused-ring (bicyclic) bond motifs is 3. The molecule has 0 aliphatic heterocycles. The molecule has 4 nitrogen and oxygen atoms in total. The molecule has 4 aromatic rings. The standard InChI is InChI=1S/C25H19FN2O2/c26-22-8-4-3-7-21(22)23-15-27-25(30-23)12-11-24(29)28-18-9-10-20-17(14-18)13-16-5-1-2-6-19(16)20/h1-10,14-15H,11-13H2,(H,28,29). The van der Waals surface area contributed by atoms with E-state index < -0.39 is 0 Å². The first kappa shape index (κ1) is 18.3. The van der Waals surface area contributed by atoms with Crippen LogP contribution in [0.4, 0.5) is 10.1 Å². The Morgan fingerprint density at radius 1 is 0.967 bits per heavy atom. The van der Waals surface area contributed by atoms with Gasteiger partial charge in [0.2, 0.25) is 5.91 Å². The topological polar surface area (TPSA) is 55.1 Å². The van der Waals surface area contributed by atoms with Crippen LogP contribution in [0.25, 0.3) is 22.5 Å². The van der Waals surface area contributed by atoms with Gasteiger partial charge in [0.25, 0.3) is 0 Å². The van der Waals surface area contributed by atoms with Crippen molar-refractivity contribution in [2.45, 2.75) is 19.3 Å². The molecule has 1 N–H and O–H groups in total. The van der Waals surface area contributed by atoms with Gasteiger partial charge in [0.05, 0.1) is 11.8 Å². The fourth-order valence-electron chi connectivity index (χ4n) is 3.88. The van der Waals surface area contributed by atoms with Crippen molar-refractivity contribution in [3.05, 3.63) is 95.8 Å². The van der Waals surface area contributed by atoms with Gasteiger partial charge in [-0.2, -0.15) is 0 Å². The molecule has 0 spiro atoms. The van der Waals surface area contributed by atoms with Crippen molar-refractivity contribution in [2.24, 2.45) is 0 Å². The highest BCUT2D eigenvalue weighted by Gasteiger charge is 2.18. The normalized spacial score (nSPS) is 11.8. The predicted octanol–water partition coefficient (Wildman–Crippen LogP) is 5.62. The molecule has 1 aromatic heterocycles. The minimum absolute atomic E-state index is 0.115. The van der Waals surface area contributed by atoms with E-state index in [2.05, 4.69) is 28.5 Å². The second-order valence-electron chi connectivity index (χ2n) is 7.35. The van der Waals surface area contributed by atoms with Gasteiger partial charge in [0.15, 0.2) is 11.7 Å². The van der Waals surface area contributed by atoms with Crippen LogP contribution in [0.3, 0.4) is 0 Å². The first-order valence-corrected chi connectivity index (χ1v) is 9.88. The zero-order valence-corrected chi connectivity index (χ0v) is 16.2. The van der Waals surface area contributed by atoms with Crippen molar-refractivity contribution < 1.29 is 13.6 Å². The lowest BCUT2D eigenvalue weighted by Gasteiger charge is -2.07. The number of rotatable bonds is 5. The van der Waals surface area contributed by atoms with Crippen molar-refractivity contribution in [1.29, 1.82) is 0 Å². The third kappa shape index (κ3) is 3.50. The fraction of sp³-hybridized carbons (Fsp3) is 0.120. The lowest BCUT2D eigenvalue weighted by molar-refractivity contribution is -0.116. The van der Waals surface area contributed by atoms with Gasteiger partial charge < -0.3 is 9.73 Å². The number of halogens is 1. The van der Waals surface area contributed by atoms with Crippen LogP contribution in [0.15, 0.2) is 77.3 Å². The molecule has 0 atom stereocenters. The molecule has 30 heavy (non-hydrogen) atoms. The molecule has 0 saturated carbocycles. The van der Waals surface area contributed by atoms with Gasteiger partial charge in [0, 0.05) is 18.5 Å². The number of aromatic nitrogens is 1. The lowest BCUT2D eigenvalue weighted by Crippen LogP contribution is -2.12. The van der Waals surface area contributed by atoms with Crippen LogP contribution in [0.5, 0.6) is 0 Å². The minimum atomic E-state index is -0.364. The number of anilines is 1. The molecular weight excluding hydrogens is 379 g/mol. The van der Waals surface area contributed by atoms with E-state index in [0.717, 1.165) is 12.1 Å². The summed E-state index contributed by atoms with van der Waals surface area (Å²) in [5, 5.41) is 2.95. The Hall–Kier alpha value is -3.73. The average Bonchev–Trinajstić information content (AvgIpc) is 3.37. The van der Waals surface area contributed by atoms with Gasteiger partial charge in [-0.15, -0.1) is 0 Å². The van der Waals surface area contributed by atoms with Crippen molar-refractivity contribution in [3.63, 3.8) is 0 Å². The summed E-state index contributed by atoms with van der Waals surface area (Å²) in [6, 6.07) is 20.8. The van der Waals surface area contributed by atoms with Crippen molar-refractivity contribution >= 4 is 11.6 Å². The number of carbonyl (C=O) groups excluding carboxylic acids is 1. The first-order chi connectivity index (χ1) is 14.7. The van der Waals surface area contributed by atoms with Crippen LogP contribution in [0.2, 0.25) is 0 Å². The maximum absolute atomic E-state index is 13.9. The summed E-state index contributed by atoms with van der Waals surface area (Å²) in [4.78, 5) is 16.6. The Labute approximate surface area is 173 Å². The minimum Gasteiger partial charge on any atom is -0.441 e. The summed E-state index contributed by atoms with van der Waals surface area (Å²) in [7, 11) is 0. The van der Waals surface area contributed by atoms with Crippen LogP contribution in [0, 0.1) is 5.82 Å². The number of carbonyl (C=O) groups is 1. The number of benzene rings is 3. The molecule has 0 fully saturated rings. The van der Waals surface area contributed by atoms with E-state index >= 15 is 0 Å². The number of amides is 1. The maximum atomic E-state index is 13.9. The second-order valence-corrected chi connectivity index (χ2v) is 7.35. The molecule has 148 valence electrons. The van der Waals surface area contributed by atoms with Gasteiger partial charge >= 0.3 is 0 Å². The maximum Gasteiger partial charge on any atom is 0.224 e. The van der Waals surface area contributed by atoms with Gasteiger partial charge in [-0.25, -0.2) is 9.37 Å². The molecule has 1 aliphatic rings. The van der Waals surface area contributed by atoms with Crippen LogP contribution in [0.1, 0.15) is 23.4 Å². The van der Waals surface area contributed by atoms with Crippen molar-refractivity contribution in [3.8, 4) is 22.5 Å². The Bertz CT molecular complexity index is 1250. The number of aryl methyl sites for hydroxylation is 1. The van der Waals surface area contributed by atoms with E-state index in [9.17, 15) is 9.18 Å². The van der Waals surface area contributed by atoms with E-state index in [1.54, 1.807) is 18.2 Å². The van der Waals surface area contributed by atoms with E-state index in [4.69, 9.17) is 4.42 Å². The molecule has 0 unspecified atom stereocenters. The van der Waals surface area contributed by atoms with Crippen LogP contribution in [-0.4, -0.2) is 10.9 Å². The van der Waals surface area contributed by atoms with Crippen LogP contribution < -0.4 is 5.32 Å². The summed E-state index contributed by atoms with van der Waals surface area (Å²) in [6.45, 7) is 0. The van der Waals surface area contributed by atoms with Crippen LogP contribution in [-0.2, 0) is 17.6 Å². The Morgan fingerprint density at radius 2 is 1.73 bits per heavy atom. The quantitative estimate of drug-likeness (QED) is 0.418. The zero-order valence-electron chi connectivity index (χ0n) is 16.2. The highest BCUT2D eigenvalue weighted by Crippen LogP contribution is 2.37. The molecule has 5 heteroatoms. The van der Waals surface area contributed by atoms with Gasteiger partial charge in [-0.1, -0.05) is 42.5 Å². The van der Waals surface area contributed by atoms with Crippen molar-refractivity contribution in [1.82, 2.24) is 4.98 Å². The third-order valence-electron chi connectivity index (χ3n) is 5.34. The molecule has 1 heterocycles. The Morgan fingerprint density at radius 3 is 2.60 bits per heavy atom. The van der Waals surface area contributed by atoms with E-state index in [1.165, 1.54) is 34.5 Å². The highest BCUT2D eigenvalue weighted by atomic mass is 19.1. The molecule has 1 aliphatic carbocycles. The summed E-state index contributed by atoms with van der Waals surface area (Å²) in [5.74, 6) is 0.294. The summed E-state index contributed by atoms with van der Waals surface area (Å²) in [5.41, 5.74) is 6.16. The molecule has 0 bridgehead atoms. The number of oxazole rings is 1. The molecule has 5 rings (SSSR count). The third-order valence-corrected chi connectivity index (χ3v) is 5.34. The Balaban J connectivity index is 1.22. The van der Waals surface area contributed by atoms with E-state index in [0.29, 0.717) is 23.6 Å². The monoisotopic (exact) mass is 398 g/mol. The smallest absolute Gasteiger partial charge is 0.224 e. The predicted molar refractivity (Wildman–Crippen MR) is 114 cm³/mol. The van der Waals surface area contributed by atoms with E-state index in [1.807, 2.05) is 24.3 Å². The Kier molecular flexibility index (Phi) is 4.64. The zero-order chi connectivity index (χ0) is 20.5. The highest BCUT2D eigenvalue weighted by molar-refractivity contribution is 5.92. The fourth-order valence-corrected chi connectivity index (χ4v) is 3.88. The molecule has 0 radical (unpaired) electrons. The summed E-state index contributed by atoms with van der Waals surface area (Å²) >= 11 is 0. The van der Waals surface area contributed by atoms with Crippen LogP contribution >= 0.6 is 0 Å². The number of nitrogens with one attached hydrogen (secondary N) is 1. The summed E-state index contributed by atoms with van der Waals surface area (Å²) < 4.78 is 19.5. The molecular formula is C25H19FN2O2. The van der Waals surface area contributed by atoms with Crippen molar-refractivity contribution in [2.75, 3.05) is 5.32 Å². The molecule has 1 amide bonds. The largest absolute Gasteiger partial charge is 0.441 e. The number of hydrogen-bond donors (Lipinski definition) is 1. The molecule has 3 aromatic carbocycles. The average molecular weight is 398 g/mol. The van der Waals surface area contributed by atoms with E-state index in [-0.39, 0.29) is 18.1 Å². The first-order valence-electron chi connectivity index (χ1n) is 9.88. The SMILES string of the molecule is O=C(CCc1ncc(-c2ccccc2F)o1)Nc1ccc2c(c1)Cc1ccccc1-2. The second kappa shape index (κ2) is 7.59. The number of hydrogen-bond acceptors (Lipinski definition) is 3. The molecule has 0 saturated heterocycles. The summed E-state index contributed by atoms with van der Waals surface area (Å²) in [6.07, 6.45) is 2.94.